The Hall–Kier alpha value is -2.10. The number of hydrogen-bond donors (Lipinski definition) is 2. The van der Waals surface area contributed by atoms with Crippen LogP contribution in [-0.4, -0.2) is 17.1 Å². The zero-order chi connectivity index (χ0) is 16.3. The second-order valence-corrected chi connectivity index (χ2v) is 5.91. The molecule has 0 aliphatic rings. The number of carbonyl (C=O) groups excluding carboxylic acids is 1. The van der Waals surface area contributed by atoms with Crippen LogP contribution in [0.25, 0.3) is 10.9 Å². The number of carbonyl (C=O) groups is 1. The maximum atomic E-state index is 12.1. The van der Waals surface area contributed by atoms with Crippen LogP contribution in [0.5, 0.6) is 0 Å². The van der Waals surface area contributed by atoms with Gasteiger partial charge in [0.05, 0.1) is 5.56 Å². The van der Waals surface area contributed by atoms with Crippen molar-refractivity contribution in [1.29, 1.82) is 0 Å². The molecule has 1 amide bonds. The van der Waals surface area contributed by atoms with E-state index in [0.29, 0.717) is 5.56 Å². The Bertz CT molecular complexity index is 630. The summed E-state index contributed by atoms with van der Waals surface area (Å²) in [6, 6.07) is 7.76. The molecule has 0 bridgehead atoms. The van der Waals surface area contributed by atoms with Crippen LogP contribution in [0.15, 0.2) is 35.6 Å². The Morgan fingerprint density at radius 2 is 1.87 bits per heavy atom. The number of aromatic amines is 1. The molecule has 0 unspecified atom stereocenters. The summed E-state index contributed by atoms with van der Waals surface area (Å²) < 4.78 is 0. The maximum absolute atomic E-state index is 12.1. The minimum Gasteiger partial charge on any atom is -0.360 e. The minimum absolute atomic E-state index is 0.168. The lowest BCUT2D eigenvalue weighted by molar-refractivity contribution is 0.0956. The van der Waals surface area contributed by atoms with Crippen molar-refractivity contribution in [3.05, 3.63) is 36.0 Å². The molecule has 4 nitrogen and oxygen atoms in total. The first kappa shape index (κ1) is 17.3. The average molecular weight is 313 g/mol. The average Bonchev–Trinajstić information content (AvgIpc) is 3.00. The third-order valence-corrected chi connectivity index (χ3v) is 4.03. The molecule has 0 aliphatic heterocycles. The summed E-state index contributed by atoms with van der Waals surface area (Å²) in [6.07, 6.45) is 13.5. The Labute approximate surface area is 138 Å². The van der Waals surface area contributed by atoms with Gasteiger partial charge < -0.3 is 4.98 Å². The number of unbranched alkanes of at least 4 members (excludes halogenated alkanes) is 7. The summed E-state index contributed by atoms with van der Waals surface area (Å²) in [5, 5.41) is 4.97. The molecule has 0 radical (unpaired) electrons. The molecule has 4 heteroatoms. The van der Waals surface area contributed by atoms with Gasteiger partial charge in [-0.15, -0.1) is 0 Å². The summed E-state index contributed by atoms with van der Waals surface area (Å²) in [6.45, 7) is 2.24. The van der Waals surface area contributed by atoms with Gasteiger partial charge in [-0.1, -0.05) is 63.6 Å². The third kappa shape index (κ3) is 5.55. The topological polar surface area (TPSA) is 57.2 Å². The lowest BCUT2D eigenvalue weighted by Crippen LogP contribution is -2.17. The van der Waals surface area contributed by atoms with Gasteiger partial charge in [-0.2, -0.15) is 5.10 Å². The first-order valence-electron chi connectivity index (χ1n) is 8.71. The standard InChI is InChI=1S/C19H27N3O/c1-2-3-4-5-6-7-8-11-14-21-22-19(23)17-15-20-18-13-10-9-12-16(17)18/h9-10,12-15,20H,2-8,11H2,1H3,(H,22,23)/b21-14+. The number of nitrogens with one attached hydrogen (secondary N) is 2. The molecular formula is C19H27N3O. The van der Waals surface area contributed by atoms with Gasteiger partial charge in [-0.25, -0.2) is 5.43 Å². The van der Waals surface area contributed by atoms with E-state index >= 15 is 0 Å². The second kappa shape index (κ2) is 9.82. The van der Waals surface area contributed by atoms with Crippen molar-refractivity contribution in [1.82, 2.24) is 10.4 Å². The lowest BCUT2D eigenvalue weighted by Gasteiger charge is -1.99. The van der Waals surface area contributed by atoms with Crippen LogP contribution in [0.2, 0.25) is 0 Å². The number of aromatic nitrogens is 1. The molecule has 0 atom stereocenters. The van der Waals surface area contributed by atoms with Crippen molar-refractivity contribution in [2.75, 3.05) is 0 Å². The number of rotatable bonds is 10. The summed E-state index contributed by atoms with van der Waals surface area (Å²) in [7, 11) is 0. The van der Waals surface area contributed by atoms with Gasteiger partial charge in [0.15, 0.2) is 0 Å². The van der Waals surface area contributed by atoms with Crippen LogP contribution in [-0.2, 0) is 0 Å². The molecule has 2 N–H and O–H groups in total. The number of amides is 1. The van der Waals surface area contributed by atoms with Crippen molar-refractivity contribution in [2.24, 2.45) is 5.10 Å². The van der Waals surface area contributed by atoms with Crippen molar-refractivity contribution in [2.45, 2.75) is 58.3 Å². The monoisotopic (exact) mass is 313 g/mol. The SMILES string of the molecule is CCCCCCCCC/C=N/NC(=O)c1c[nH]c2ccccc12. The number of H-pyrrole nitrogens is 1. The van der Waals surface area contributed by atoms with Crippen molar-refractivity contribution < 1.29 is 4.79 Å². The summed E-state index contributed by atoms with van der Waals surface area (Å²) >= 11 is 0. The highest BCUT2D eigenvalue weighted by atomic mass is 16.2. The quantitative estimate of drug-likeness (QED) is 0.361. The van der Waals surface area contributed by atoms with E-state index in [-0.39, 0.29) is 5.91 Å². The van der Waals surface area contributed by atoms with Crippen LogP contribution >= 0.6 is 0 Å². The van der Waals surface area contributed by atoms with Crippen molar-refractivity contribution in [3.8, 4) is 0 Å². The second-order valence-electron chi connectivity index (χ2n) is 5.91. The van der Waals surface area contributed by atoms with Gasteiger partial charge >= 0.3 is 0 Å². The van der Waals surface area contributed by atoms with Crippen molar-refractivity contribution >= 4 is 23.0 Å². The summed E-state index contributed by atoms with van der Waals surface area (Å²) in [5.41, 5.74) is 4.20. The first-order chi connectivity index (χ1) is 11.3. The molecule has 2 aromatic rings. The van der Waals surface area contributed by atoms with Crippen LogP contribution < -0.4 is 5.43 Å². The molecule has 124 valence electrons. The van der Waals surface area contributed by atoms with Crippen molar-refractivity contribution in [3.63, 3.8) is 0 Å². The predicted molar refractivity (Wildman–Crippen MR) is 96.9 cm³/mol. The van der Waals surface area contributed by atoms with Crippen LogP contribution in [0, 0.1) is 0 Å². The number of hydrazone groups is 1. The van der Waals surface area contributed by atoms with E-state index < -0.39 is 0 Å². The highest BCUT2D eigenvalue weighted by Gasteiger charge is 2.10. The molecule has 0 aliphatic carbocycles. The molecule has 0 fully saturated rings. The minimum atomic E-state index is -0.168. The number of benzene rings is 1. The molecule has 1 heterocycles. The maximum Gasteiger partial charge on any atom is 0.273 e. The van der Waals surface area contributed by atoms with Gasteiger partial charge in [-0.3, -0.25) is 4.79 Å². The predicted octanol–water partition coefficient (Wildman–Crippen LogP) is 5.02. The molecular weight excluding hydrogens is 286 g/mol. The van der Waals surface area contributed by atoms with E-state index in [1.165, 1.54) is 38.5 Å². The Kier molecular flexibility index (Phi) is 7.37. The van der Waals surface area contributed by atoms with E-state index in [1.54, 1.807) is 12.4 Å². The smallest absolute Gasteiger partial charge is 0.273 e. The van der Waals surface area contributed by atoms with E-state index in [2.05, 4.69) is 22.4 Å². The van der Waals surface area contributed by atoms with Gasteiger partial charge in [0.2, 0.25) is 0 Å². The van der Waals surface area contributed by atoms with Crippen LogP contribution in [0.3, 0.4) is 0 Å². The van der Waals surface area contributed by atoms with E-state index in [0.717, 1.165) is 23.7 Å². The summed E-state index contributed by atoms with van der Waals surface area (Å²) in [5.74, 6) is -0.168. The van der Waals surface area contributed by atoms with Gasteiger partial charge in [0.1, 0.15) is 0 Å². The number of hydrogen-bond acceptors (Lipinski definition) is 2. The highest BCUT2D eigenvalue weighted by Crippen LogP contribution is 2.17. The fraction of sp³-hybridized carbons (Fsp3) is 0.474. The third-order valence-electron chi connectivity index (χ3n) is 4.03. The zero-order valence-electron chi connectivity index (χ0n) is 14.0. The van der Waals surface area contributed by atoms with E-state index in [9.17, 15) is 4.79 Å². The zero-order valence-corrected chi connectivity index (χ0v) is 14.0. The fourth-order valence-corrected chi connectivity index (χ4v) is 2.68. The molecule has 2 rings (SSSR count). The Balaban J connectivity index is 1.65. The Morgan fingerprint density at radius 1 is 1.13 bits per heavy atom. The number of nitrogens with zero attached hydrogens (tertiary/aromatic N) is 1. The van der Waals surface area contributed by atoms with Crippen LogP contribution in [0.4, 0.5) is 0 Å². The van der Waals surface area contributed by atoms with E-state index in [1.807, 2.05) is 24.3 Å². The molecule has 0 spiro atoms. The molecule has 1 aromatic carbocycles. The molecule has 0 saturated heterocycles. The molecule has 1 aromatic heterocycles. The Morgan fingerprint density at radius 3 is 2.70 bits per heavy atom. The first-order valence-corrected chi connectivity index (χ1v) is 8.71. The van der Waals surface area contributed by atoms with Gasteiger partial charge in [-0.05, 0) is 18.9 Å². The van der Waals surface area contributed by atoms with Gasteiger partial charge in [0, 0.05) is 23.3 Å². The molecule has 0 saturated carbocycles. The van der Waals surface area contributed by atoms with E-state index in [4.69, 9.17) is 0 Å². The number of fused-ring (bicyclic) bond motifs is 1. The van der Waals surface area contributed by atoms with Crippen LogP contribution in [0.1, 0.15) is 68.6 Å². The molecule has 23 heavy (non-hydrogen) atoms. The highest BCUT2D eigenvalue weighted by molar-refractivity contribution is 6.06. The van der Waals surface area contributed by atoms with Gasteiger partial charge in [0.25, 0.3) is 5.91 Å². The lowest BCUT2D eigenvalue weighted by atomic mass is 10.1. The normalized spacial score (nSPS) is 11.3. The summed E-state index contributed by atoms with van der Waals surface area (Å²) in [4.78, 5) is 15.2. The fourth-order valence-electron chi connectivity index (χ4n) is 2.68. The largest absolute Gasteiger partial charge is 0.360 e. The number of para-hydroxylation sites is 1.